The lowest BCUT2D eigenvalue weighted by atomic mass is 10.1. The first-order valence-electron chi connectivity index (χ1n) is 9.03. The molecule has 0 spiro atoms. The highest BCUT2D eigenvalue weighted by Gasteiger charge is 2.18. The molecule has 3 rings (SSSR count). The molecule has 0 saturated carbocycles. The molecule has 1 unspecified atom stereocenters. The van der Waals surface area contributed by atoms with Crippen LogP contribution in [0.5, 0.6) is 0 Å². The quantitative estimate of drug-likeness (QED) is 0.710. The van der Waals surface area contributed by atoms with Gasteiger partial charge in [0.05, 0.1) is 28.4 Å². The molecule has 1 aromatic carbocycles. The molecular weight excluding hydrogens is 376 g/mol. The number of pyridine rings is 1. The van der Waals surface area contributed by atoms with Crippen LogP contribution in [0.3, 0.4) is 0 Å². The summed E-state index contributed by atoms with van der Waals surface area (Å²) < 4.78 is 25.0. The van der Waals surface area contributed by atoms with E-state index in [1.54, 1.807) is 43.5 Å². The van der Waals surface area contributed by atoms with Gasteiger partial charge in [0.1, 0.15) is 0 Å². The van der Waals surface area contributed by atoms with Gasteiger partial charge >= 0.3 is 0 Å². The van der Waals surface area contributed by atoms with Crippen LogP contribution in [0.1, 0.15) is 54.5 Å². The average molecular weight is 401 g/mol. The largest absolute Gasteiger partial charge is 0.345 e. The number of aryl methyl sites for hydroxylation is 1. The van der Waals surface area contributed by atoms with Gasteiger partial charge in [0.15, 0.2) is 15.5 Å². The van der Waals surface area contributed by atoms with E-state index in [-0.39, 0.29) is 22.9 Å². The number of hydrogen-bond acceptors (Lipinski definition) is 5. The van der Waals surface area contributed by atoms with Gasteiger partial charge in [0.2, 0.25) is 0 Å². The maximum Gasteiger partial charge on any atom is 0.253 e. The van der Waals surface area contributed by atoms with Gasteiger partial charge in [0.25, 0.3) is 5.91 Å². The van der Waals surface area contributed by atoms with Crippen LogP contribution in [0.4, 0.5) is 0 Å². The molecule has 3 aromatic rings. The van der Waals surface area contributed by atoms with E-state index in [0.717, 1.165) is 16.6 Å². The van der Waals surface area contributed by atoms with Crippen LogP contribution >= 0.6 is 0 Å². The number of carbonyl (C=O) groups is 1. The molecule has 1 N–H and O–H groups in total. The lowest BCUT2D eigenvalue weighted by Gasteiger charge is -2.16. The SMILES string of the molecule is Cc1nc2c(cnn2C(C)C)cc1C(=O)NC(C)c1ccc(S(C)(=O)=O)cc1. The van der Waals surface area contributed by atoms with Gasteiger partial charge in [0, 0.05) is 17.7 Å². The fraction of sp³-hybridized carbons (Fsp3) is 0.350. The highest BCUT2D eigenvalue weighted by atomic mass is 32.2. The molecule has 0 aliphatic rings. The van der Waals surface area contributed by atoms with Gasteiger partial charge in [-0.05, 0) is 51.5 Å². The normalized spacial score (nSPS) is 13.1. The number of rotatable bonds is 5. The van der Waals surface area contributed by atoms with E-state index in [1.165, 1.54) is 6.26 Å². The Hall–Kier alpha value is -2.74. The zero-order chi connectivity index (χ0) is 20.6. The first kappa shape index (κ1) is 20.0. The van der Waals surface area contributed by atoms with E-state index in [9.17, 15) is 13.2 Å². The molecule has 1 atom stereocenters. The minimum atomic E-state index is -3.25. The zero-order valence-electron chi connectivity index (χ0n) is 16.6. The van der Waals surface area contributed by atoms with Crippen LogP contribution in [0.25, 0.3) is 11.0 Å². The highest BCUT2D eigenvalue weighted by Crippen LogP contribution is 2.21. The first-order chi connectivity index (χ1) is 13.1. The van der Waals surface area contributed by atoms with Gasteiger partial charge in [-0.15, -0.1) is 0 Å². The number of hydrogen-bond donors (Lipinski definition) is 1. The summed E-state index contributed by atoms with van der Waals surface area (Å²) in [6.45, 7) is 7.71. The van der Waals surface area contributed by atoms with E-state index in [2.05, 4.69) is 15.4 Å². The first-order valence-corrected chi connectivity index (χ1v) is 10.9. The Morgan fingerprint density at radius 1 is 1.14 bits per heavy atom. The Morgan fingerprint density at radius 3 is 2.36 bits per heavy atom. The van der Waals surface area contributed by atoms with E-state index >= 15 is 0 Å². The molecule has 2 heterocycles. The molecule has 0 aliphatic heterocycles. The van der Waals surface area contributed by atoms with Gasteiger partial charge in [-0.25, -0.2) is 18.1 Å². The second-order valence-corrected chi connectivity index (χ2v) is 9.27. The van der Waals surface area contributed by atoms with Crippen molar-refractivity contribution in [2.24, 2.45) is 0 Å². The molecule has 0 radical (unpaired) electrons. The second-order valence-electron chi connectivity index (χ2n) is 7.25. The standard InChI is InChI=1S/C20H24N4O3S/c1-12(2)24-19-16(11-21-24)10-18(14(4)22-19)20(25)23-13(3)15-6-8-17(9-7-15)28(5,26)27/h6-13H,1-5H3,(H,23,25). The minimum absolute atomic E-state index is 0.180. The number of sulfone groups is 1. The van der Waals surface area contributed by atoms with Crippen LogP contribution < -0.4 is 5.32 Å². The summed E-state index contributed by atoms with van der Waals surface area (Å²) >= 11 is 0. The number of aromatic nitrogens is 3. The van der Waals surface area contributed by atoms with Crippen LogP contribution in [-0.4, -0.2) is 35.3 Å². The number of nitrogens with one attached hydrogen (secondary N) is 1. The number of carbonyl (C=O) groups excluding carboxylic acids is 1. The summed E-state index contributed by atoms with van der Waals surface area (Å²) in [5, 5.41) is 8.11. The predicted molar refractivity (Wildman–Crippen MR) is 108 cm³/mol. The van der Waals surface area contributed by atoms with Crippen molar-refractivity contribution in [2.75, 3.05) is 6.26 Å². The average Bonchev–Trinajstić information content (AvgIpc) is 3.03. The number of fused-ring (bicyclic) bond motifs is 1. The van der Waals surface area contributed by atoms with Crippen molar-refractivity contribution in [1.82, 2.24) is 20.1 Å². The Balaban J connectivity index is 1.83. The van der Waals surface area contributed by atoms with Crippen molar-refractivity contribution in [3.63, 3.8) is 0 Å². The van der Waals surface area contributed by atoms with Gasteiger partial charge < -0.3 is 5.32 Å². The van der Waals surface area contributed by atoms with E-state index in [1.807, 2.05) is 25.5 Å². The lowest BCUT2D eigenvalue weighted by Crippen LogP contribution is -2.27. The van der Waals surface area contributed by atoms with Crippen molar-refractivity contribution in [2.45, 2.75) is 44.7 Å². The summed E-state index contributed by atoms with van der Waals surface area (Å²) in [5.74, 6) is -0.233. The van der Waals surface area contributed by atoms with Crippen LogP contribution in [-0.2, 0) is 9.84 Å². The maximum absolute atomic E-state index is 12.8. The van der Waals surface area contributed by atoms with Gasteiger partial charge in [-0.2, -0.15) is 5.10 Å². The summed E-state index contributed by atoms with van der Waals surface area (Å²) in [4.78, 5) is 17.6. The third-order valence-electron chi connectivity index (χ3n) is 4.65. The molecule has 8 heteroatoms. The molecule has 7 nitrogen and oxygen atoms in total. The Bertz CT molecular complexity index is 1130. The Kier molecular flexibility index (Phi) is 5.25. The predicted octanol–water partition coefficient (Wildman–Crippen LogP) is 3.22. The monoisotopic (exact) mass is 400 g/mol. The molecule has 0 saturated heterocycles. The van der Waals surface area contributed by atoms with E-state index in [0.29, 0.717) is 11.3 Å². The van der Waals surface area contributed by atoms with E-state index in [4.69, 9.17) is 0 Å². The lowest BCUT2D eigenvalue weighted by molar-refractivity contribution is 0.0939. The van der Waals surface area contributed by atoms with E-state index < -0.39 is 9.84 Å². The minimum Gasteiger partial charge on any atom is -0.345 e. The molecule has 0 fully saturated rings. The molecule has 2 aromatic heterocycles. The van der Waals surface area contributed by atoms with Crippen molar-refractivity contribution < 1.29 is 13.2 Å². The zero-order valence-corrected chi connectivity index (χ0v) is 17.4. The fourth-order valence-electron chi connectivity index (χ4n) is 3.03. The van der Waals surface area contributed by atoms with Crippen molar-refractivity contribution in [3.8, 4) is 0 Å². The fourth-order valence-corrected chi connectivity index (χ4v) is 3.67. The molecule has 148 valence electrons. The van der Waals surface area contributed by atoms with Crippen LogP contribution in [0.15, 0.2) is 41.4 Å². The van der Waals surface area contributed by atoms with Gasteiger partial charge in [-0.1, -0.05) is 12.1 Å². The smallest absolute Gasteiger partial charge is 0.253 e. The highest BCUT2D eigenvalue weighted by molar-refractivity contribution is 7.90. The van der Waals surface area contributed by atoms with Gasteiger partial charge in [-0.3, -0.25) is 4.79 Å². The summed E-state index contributed by atoms with van der Waals surface area (Å²) in [6.07, 6.45) is 2.88. The molecule has 1 amide bonds. The number of amides is 1. The molecular formula is C20H24N4O3S. The third-order valence-corrected chi connectivity index (χ3v) is 5.78. The van der Waals surface area contributed by atoms with Crippen LogP contribution in [0, 0.1) is 6.92 Å². The van der Waals surface area contributed by atoms with Crippen molar-refractivity contribution >= 4 is 26.8 Å². The maximum atomic E-state index is 12.8. The van der Waals surface area contributed by atoms with Crippen LogP contribution in [0.2, 0.25) is 0 Å². The summed E-state index contributed by atoms with van der Waals surface area (Å²) in [5.41, 5.74) is 2.70. The Labute approximate surface area is 164 Å². The number of benzene rings is 1. The number of nitrogens with zero attached hydrogens (tertiary/aromatic N) is 3. The van der Waals surface area contributed by atoms with Crippen molar-refractivity contribution in [3.05, 3.63) is 53.3 Å². The second kappa shape index (κ2) is 7.35. The third kappa shape index (κ3) is 3.91. The Morgan fingerprint density at radius 2 is 1.79 bits per heavy atom. The molecule has 0 aliphatic carbocycles. The summed E-state index contributed by atoms with van der Waals surface area (Å²) in [6, 6.07) is 8.22. The summed E-state index contributed by atoms with van der Waals surface area (Å²) in [7, 11) is -3.25. The topological polar surface area (TPSA) is 93.9 Å². The molecule has 28 heavy (non-hydrogen) atoms. The molecule has 0 bridgehead atoms. The van der Waals surface area contributed by atoms with Crippen molar-refractivity contribution in [1.29, 1.82) is 0 Å².